The first kappa shape index (κ1) is 16.3. The highest BCUT2D eigenvalue weighted by Gasteiger charge is 2.17. The van der Waals surface area contributed by atoms with Crippen molar-refractivity contribution in [2.75, 3.05) is 7.05 Å². The van der Waals surface area contributed by atoms with Gasteiger partial charge in [-0.05, 0) is 25.0 Å². The second-order valence-electron chi connectivity index (χ2n) is 5.46. The largest absolute Gasteiger partial charge is 0.359 e. The maximum atomic E-state index is 12.4. The van der Waals surface area contributed by atoms with Crippen molar-refractivity contribution in [3.63, 3.8) is 0 Å². The number of aryl methyl sites for hydroxylation is 1. The molecule has 0 aromatic carbocycles. The van der Waals surface area contributed by atoms with E-state index >= 15 is 0 Å². The average Bonchev–Trinajstić information content (AvgIpc) is 3.25. The molecule has 0 saturated carbocycles. The summed E-state index contributed by atoms with van der Waals surface area (Å²) in [5, 5.41) is 6.84. The number of thiazole rings is 1. The van der Waals surface area contributed by atoms with Crippen LogP contribution in [-0.2, 0) is 13.0 Å². The number of nitrogens with zero attached hydrogens (tertiary/aromatic N) is 4. The zero-order valence-electron chi connectivity index (χ0n) is 13.6. The molecule has 0 saturated heterocycles. The number of hydrogen-bond donors (Lipinski definition) is 0. The van der Waals surface area contributed by atoms with Crippen molar-refractivity contribution < 1.29 is 9.32 Å². The molecule has 0 aliphatic rings. The highest BCUT2D eigenvalue weighted by Crippen LogP contribution is 2.19. The summed E-state index contributed by atoms with van der Waals surface area (Å²) < 4.78 is 5.33. The van der Waals surface area contributed by atoms with Crippen molar-refractivity contribution in [1.82, 2.24) is 20.0 Å². The standard InChI is InChI=1S/C17H18N4O2S/c1-3-5-16-19-15(11-24-16)17(22)21(2)10-13-8-14(20-23-13)12-6-4-7-18-9-12/h4,6-9,11H,3,5,10H2,1-2H3. The molecule has 0 bridgehead atoms. The summed E-state index contributed by atoms with van der Waals surface area (Å²) in [7, 11) is 1.73. The van der Waals surface area contributed by atoms with Crippen LogP contribution in [0.2, 0.25) is 0 Å². The van der Waals surface area contributed by atoms with E-state index in [1.165, 1.54) is 11.3 Å². The van der Waals surface area contributed by atoms with Gasteiger partial charge in [-0.3, -0.25) is 9.78 Å². The smallest absolute Gasteiger partial charge is 0.273 e. The Labute approximate surface area is 144 Å². The molecule has 0 radical (unpaired) electrons. The number of carbonyl (C=O) groups is 1. The van der Waals surface area contributed by atoms with Crippen LogP contribution in [0, 0.1) is 0 Å². The molecule has 3 aromatic heterocycles. The molecule has 0 fully saturated rings. The first-order chi connectivity index (χ1) is 11.7. The molecule has 24 heavy (non-hydrogen) atoms. The lowest BCUT2D eigenvalue weighted by molar-refractivity contribution is 0.0767. The zero-order chi connectivity index (χ0) is 16.9. The van der Waals surface area contributed by atoms with E-state index in [2.05, 4.69) is 22.0 Å². The molecule has 3 rings (SSSR count). The molecule has 6 nitrogen and oxygen atoms in total. The Bertz CT molecular complexity index is 813. The van der Waals surface area contributed by atoms with Gasteiger partial charge in [0, 0.05) is 36.5 Å². The predicted molar refractivity (Wildman–Crippen MR) is 91.6 cm³/mol. The lowest BCUT2D eigenvalue weighted by atomic mass is 10.2. The maximum absolute atomic E-state index is 12.4. The number of pyridine rings is 1. The third-order valence-electron chi connectivity index (χ3n) is 3.49. The lowest BCUT2D eigenvalue weighted by Crippen LogP contribution is -2.26. The molecule has 0 aliphatic carbocycles. The minimum absolute atomic E-state index is 0.118. The fraction of sp³-hybridized carbons (Fsp3) is 0.294. The van der Waals surface area contributed by atoms with E-state index in [1.54, 1.807) is 24.3 Å². The second-order valence-corrected chi connectivity index (χ2v) is 6.40. The van der Waals surface area contributed by atoms with Crippen LogP contribution in [0.1, 0.15) is 34.6 Å². The van der Waals surface area contributed by atoms with Gasteiger partial charge >= 0.3 is 0 Å². The first-order valence-corrected chi connectivity index (χ1v) is 8.61. The van der Waals surface area contributed by atoms with Crippen molar-refractivity contribution in [1.29, 1.82) is 0 Å². The van der Waals surface area contributed by atoms with Gasteiger partial charge in [-0.15, -0.1) is 11.3 Å². The quantitative estimate of drug-likeness (QED) is 0.686. The molecule has 124 valence electrons. The van der Waals surface area contributed by atoms with Crippen LogP contribution in [-0.4, -0.2) is 33.0 Å². The summed E-state index contributed by atoms with van der Waals surface area (Å²) in [6, 6.07) is 5.58. The molecule has 0 spiro atoms. The molecule has 0 unspecified atom stereocenters. The number of rotatable bonds is 6. The van der Waals surface area contributed by atoms with E-state index in [4.69, 9.17) is 4.52 Å². The van der Waals surface area contributed by atoms with Gasteiger partial charge in [0.25, 0.3) is 5.91 Å². The monoisotopic (exact) mass is 342 g/mol. The van der Waals surface area contributed by atoms with Crippen LogP contribution in [0.4, 0.5) is 0 Å². The maximum Gasteiger partial charge on any atom is 0.273 e. The normalized spacial score (nSPS) is 10.8. The molecule has 3 aromatic rings. The second kappa shape index (κ2) is 7.35. The SMILES string of the molecule is CCCc1nc(C(=O)N(C)Cc2cc(-c3cccnc3)no2)cs1. The molecule has 3 heterocycles. The van der Waals surface area contributed by atoms with Gasteiger partial charge in [0.2, 0.25) is 0 Å². The minimum atomic E-state index is -0.118. The third-order valence-corrected chi connectivity index (χ3v) is 4.40. The molecule has 0 atom stereocenters. The molecular formula is C17H18N4O2S. The van der Waals surface area contributed by atoms with Crippen molar-refractivity contribution in [3.05, 3.63) is 52.4 Å². The van der Waals surface area contributed by atoms with Gasteiger partial charge in [-0.25, -0.2) is 4.98 Å². The molecule has 0 N–H and O–H groups in total. The van der Waals surface area contributed by atoms with Gasteiger partial charge < -0.3 is 9.42 Å². The van der Waals surface area contributed by atoms with Crippen LogP contribution in [0.15, 0.2) is 40.5 Å². The van der Waals surface area contributed by atoms with Gasteiger partial charge in [0.15, 0.2) is 5.76 Å². The summed E-state index contributed by atoms with van der Waals surface area (Å²) in [5.74, 6) is 0.502. The van der Waals surface area contributed by atoms with Crippen molar-refractivity contribution in [3.8, 4) is 11.3 Å². The number of aromatic nitrogens is 3. The summed E-state index contributed by atoms with van der Waals surface area (Å²) in [4.78, 5) is 22.5. The minimum Gasteiger partial charge on any atom is -0.359 e. The molecule has 0 aliphatic heterocycles. The highest BCUT2D eigenvalue weighted by molar-refractivity contribution is 7.09. The van der Waals surface area contributed by atoms with E-state index in [-0.39, 0.29) is 5.91 Å². The van der Waals surface area contributed by atoms with E-state index in [1.807, 2.05) is 23.6 Å². The zero-order valence-corrected chi connectivity index (χ0v) is 14.4. The molecule has 7 heteroatoms. The lowest BCUT2D eigenvalue weighted by Gasteiger charge is -2.13. The summed E-state index contributed by atoms with van der Waals surface area (Å²) >= 11 is 1.53. The van der Waals surface area contributed by atoms with Crippen LogP contribution in [0.3, 0.4) is 0 Å². The molecule has 1 amide bonds. The van der Waals surface area contributed by atoms with E-state index in [0.29, 0.717) is 23.7 Å². The van der Waals surface area contributed by atoms with Gasteiger partial charge in [-0.1, -0.05) is 12.1 Å². The van der Waals surface area contributed by atoms with E-state index in [0.717, 1.165) is 23.4 Å². The Morgan fingerprint density at radius 2 is 2.29 bits per heavy atom. The fourth-order valence-electron chi connectivity index (χ4n) is 2.28. The first-order valence-electron chi connectivity index (χ1n) is 7.73. The topological polar surface area (TPSA) is 72.1 Å². The Morgan fingerprint density at radius 3 is 3.04 bits per heavy atom. The summed E-state index contributed by atoms with van der Waals surface area (Å²) in [5.41, 5.74) is 2.07. The average molecular weight is 342 g/mol. The Balaban J connectivity index is 1.67. The van der Waals surface area contributed by atoms with Crippen LogP contribution >= 0.6 is 11.3 Å². The fourth-order valence-corrected chi connectivity index (χ4v) is 3.15. The predicted octanol–water partition coefficient (Wildman–Crippen LogP) is 3.42. The van der Waals surface area contributed by atoms with Gasteiger partial charge in [-0.2, -0.15) is 0 Å². The number of amides is 1. The van der Waals surface area contributed by atoms with Crippen molar-refractivity contribution in [2.45, 2.75) is 26.3 Å². The number of carbonyl (C=O) groups excluding carboxylic acids is 1. The molecular weight excluding hydrogens is 324 g/mol. The van der Waals surface area contributed by atoms with Crippen LogP contribution < -0.4 is 0 Å². The summed E-state index contributed by atoms with van der Waals surface area (Å²) in [6.07, 6.45) is 5.35. The van der Waals surface area contributed by atoms with Gasteiger partial charge in [0.1, 0.15) is 11.4 Å². The van der Waals surface area contributed by atoms with E-state index in [9.17, 15) is 4.79 Å². The highest BCUT2D eigenvalue weighted by atomic mass is 32.1. The van der Waals surface area contributed by atoms with Crippen molar-refractivity contribution >= 4 is 17.2 Å². The van der Waals surface area contributed by atoms with Crippen molar-refractivity contribution in [2.24, 2.45) is 0 Å². The van der Waals surface area contributed by atoms with Gasteiger partial charge in [0.05, 0.1) is 11.6 Å². The Kier molecular flexibility index (Phi) is 5.00. The Morgan fingerprint density at radius 1 is 1.42 bits per heavy atom. The Hall–Kier alpha value is -2.54. The van der Waals surface area contributed by atoms with E-state index < -0.39 is 0 Å². The third kappa shape index (κ3) is 3.68. The number of hydrogen-bond acceptors (Lipinski definition) is 6. The summed E-state index contributed by atoms with van der Waals surface area (Å²) in [6.45, 7) is 2.44. The van der Waals surface area contributed by atoms with Crippen LogP contribution in [0.25, 0.3) is 11.3 Å². The van der Waals surface area contributed by atoms with Crippen LogP contribution in [0.5, 0.6) is 0 Å².